The molecule has 0 atom stereocenters. The Morgan fingerprint density at radius 1 is 0.781 bits per heavy atom. The van der Waals surface area contributed by atoms with E-state index in [4.69, 9.17) is 4.74 Å². The van der Waals surface area contributed by atoms with Crippen molar-refractivity contribution in [2.75, 3.05) is 0 Å². The zero-order valence-electron chi connectivity index (χ0n) is 21.5. The maximum absolute atomic E-state index is 12.5. The maximum atomic E-state index is 12.5. The van der Waals surface area contributed by atoms with Crippen molar-refractivity contribution >= 4 is 5.97 Å². The van der Waals surface area contributed by atoms with Crippen LogP contribution in [0.25, 0.3) is 0 Å². The molecule has 1 rings (SSSR count). The Morgan fingerprint density at radius 3 is 1.88 bits per heavy atom. The third-order valence-corrected chi connectivity index (χ3v) is 5.87. The molecule has 0 saturated carbocycles. The molecule has 0 bridgehead atoms. The number of unbranched alkanes of at least 4 members (excludes halogenated alkanes) is 8. The number of ether oxygens (including phenoxy) is 1. The van der Waals surface area contributed by atoms with Crippen molar-refractivity contribution in [2.24, 2.45) is 0 Å². The first kappa shape index (κ1) is 28.2. The fraction of sp³-hybridized carbons (Fsp3) is 0.633. The largest absolute Gasteiger partial charge is 0.426 e. The highest BCUT2D eigenvalue weighted by Crippen LogP contribution is 2.34. The molecule has 180 valence electrons. The van der Waals surface area contributed by atoms with Gasteiger partial charge < -0.3 is 4.74 Å². The Labute approximate surface area is 198 Å². The van der Waals surface area contributed by atoms with Crippen LogP contribution in [-0.4, -0.2) is 5.97 Å². The molecule has 2 heteroatoms. The minimum absolute atomic E-state index is 0.0920. The second kappa shape index (κ2) is 17.7. The lowest BCUT2D eigenvalue weighted by Gasteiger charge is -2.18. The third-order valence-electron chi connectivity index (χ3n) is 5.87. The number of carbonyl (C=O) groups is 1. The van der Waals surface area contributed by atoms with E-state index in [-0.39, 0.29) is 5.97 Å². The van der Waals surface area contributed by atoms with Gasteiger partial charge in [-0.2, -0.15) is 0 Å². The lowest BCUT2D eigenvalue weighted by atomic mass is 9.94. The van der Waals surface area contributed by atoms with E-state index >= 15 is 0 Å². The number of benzene rings is 1. The van der Waals surface area contributed by atoms with E-state index in [2.05, 4.69) is 77.1 Å². The minimum Gasteiger partial charge on any atom is -0.426 e. The number of carbonyl (C=O) groups excluding carboxylic acids is 1. The van der Waals surface area contributed by atoms with Gasteiger partial charge in [-0.25, -0.2) is 0 Å². The van der Waals surface area contributed by atoms with Gasteiger partial charge in [0.2, 0.25) is 0 Å². The van der Waals surface area contributed by atoms with Crippen LogP contribution in [0.5, 0.6) is 5.75 Å². The van der Waals surface area contributed by atoms with Crippen LogP contribution in [0.3, 0.4) is 0 Å². The predicted molar refractivity (Wildman–Crippen MR) is 140 cm³/mol. The van der Waals surface area contributed by atoms with Gasteiger partial charge >= 0.3 is 5.97 Å². The third kappa shape index (κ3) is 12.3. The average Bonchev–Trinajstić information content (AvgIpc) is 2.76. The number of allylic oxidation sites excluding steroid dienone is 4. The van der Waals surface area contributed by atoms with Gasteiger partial charge in [0.15, 0.2) is 0 Å². The van der Waals surface area contributed by atoms with Crippen molar-refractivity contribution in [1.29, 1.82) is 0 Å². The zero-order valence-corrected chi connectivity index (χ0v) is 21.5. The van der Waals surface area contributed by atoms with E-state index in [0.717, 1.165) is 42.6 Å². The van der Waals surface area contributed by atoms with Crippen LogP contribution in [0.2, 0.25) is 0 Å². The van der Waals surface area contributed by atoms with E-state index in [9.17, 15) is 4.79 Å². The number of esters is 1. The Bertz CT molecular complexity index is 656. The van der Waals surface area contributed by atoms with Crippen LogP contribution >= 0.6 is 0 Å². The van der Waals surface area contributed by atoms with Crippen molar-refractivity contribution in [1.82, 2.24) is 0 Å². The van der Waals surface area contributed by atoms with Gasteiger partial charge in [0.1, 0.15) is 5.75 Å². The Balaban J connectivity index is 2.18. The van der Waals surface area contributed by atoms with E-state index in [1.807, 2.05) is 0 Å². The summed E-state index contributed by atoms with van der Waals surface area (Å²) in [5.74, 6) is 1.38. The molecular formula is C30H48O2. The Kier molecular flexibility index (Phi) is 15.6. The van der Waals surface area contributed by atoms with Gasteiger partial charge in [0, 0.05) is 6.42 Å². The lowest BCUT2D eigenvalue weighted by Crippen LogP contribution is -2.12. The van der Waals surface area contributed by atoms with E-state index in [1.54, 1.807) is 0 Å². The first-order chi connectivity index (χ1) is 15.5. The smallest absolute Gasteiger partial charge is 0.311 e. The second-order valence-electron chi connectivity index (χ2n) is 9.53. The molecule has 0 unspecified atom stereocenters. The minimum atomic E-state index is -0.0920. The highest BCUT2D eigenvalue weighted by atomic mass is 16.5. The van der Waals surface area contributed by atoms with Crippen LogP contribution in [0.1, 0.15) is 135 Å². The fourth-order valence-electron chi connectivity index (χ4n) is 3.85. The van der Waals surface area contributed by atoms with Crippen molar-refractivity contribution in [2.45, 2.75) is 124 Å². The molecule has 1 aromatic carbocycles. The molecule has 0 aliphatic carbocycles. The normalized spacial score (nSPS) is 12.0. The molecule has 0 heterocycles. The topological polar surface area (TPSA) is 26.3 Å². The van der Waals surface area contributed by atoms with Gasteiger partial charge in [-0.05, 0) is 61.5 Å². The molecule has 0 radical (unpaired) electrons. The van der Waals surface area contributed by atoms with E-state index < -0.39 is 0 Å². The lowest BCUT2D eigenvalue weighted by molar-refractivity contribution is -0.134. The summed E-state index contributed by atoms with van der Waals surface area (Å²) < 4.78 is 5.86. The van der Waals surface area contributed by atoms with Crippen LogP contribution in [0.15, 0.2) is 42.5 Å². The Morgan fingerprint density at radius 2 is 1.31 bits per heavy atom. The highest BCUT2D eigenvalue weighted by Gasteiger charge is 2.17. The quantitative estimate of drug-likeness (QED) is 0.104. The second-order valence-corrected chi connectivity index (χ2v) is 9.53. The summed E-state index contributed by atoms with van der Waals surface area (Å²) in [5.41, 5.74) is 2.26. The number of hydrogen-bond acceptors (Lipinski definition) is 2. The van der Waals surface area contributed by atoms with Crippen molar-refractivity contribution in [3.05, 3.63) is 53.6 Å². The molecule has 0 spiro atoms. The number of hydrogen-bond donors (Lipinski definition) is 0. The maximum Gasteiger partial charge on any atom is 0.311 e. The molecular weight excluding hydrogens is 392 g/mol. The van der Waals surface area contributed by atoms with Gasteiger partial charge in [-0.1, -0.05) is 109 Å². The summed E-state index contributed by atoms with van der Waals surface area (Å²) in [6.45, 7) is 10.8. The summed E-state index contributed by atoms with van der Waals surface area (Å²) in [6, 6.07) is 6.23. The number of para-hydroxylation sites is 1. The molecule has 0 saturated heterocycles. The first-order valence-electron chi connectivity index (χ1n) is 13.1. The van der Waals surface area contributed by atoms with Crippen molar-refractivity contribution in [3.63, 3.8) is 0 Å². The van der Waals surface area contributed by atoms with Gasteiger partial charge in [-0.3, -0.25) is 4.79 Å². The number of rotatable bonds is 17. The molecule has 0 fully saturated rings. The summed E-state index contributed by atoms with van der Waals surface area (Å²) in [4.78, 5) is 12.5. The van der Waals surface area contributed by atoms with Crippen molar-refractivity contribution < 1.29 is 9.53 Å². The van der Waals surface area contributed by atoms with Gasteiger partial charge in [-0.15, -0.1) is 0 Å². The molecule has 0 aliphatic heterocycles. The molecule has 0 aromatic heterocycles. The van der Waals surface area contributed by atoms with E-state index in [0.29, 0.717) is 18.3 Å². The SMILES string of the molecule is CCCCC/C=C\C/C=C\CCCCCCCC(=O)Oc1c(C(C)C)cccc1C(C)C. The van der Waals surface area contributed by atoms with Gasteiger partial charge in [0.05, 0.1) is 0 Å². The van der Waals surface area contributed by atoms with Crippen LogP contribution in [-0.2, 0) is 4.79 Å². The molecule has 2 nitrogen and oxygen atoms in total. The van der Waals surface area contributed by atoms with Crippen LogP contribution < -0.4 is 4.74 Å². The van der Waals surface area contributed by atoms with Crippen molar-refractivity contribution in [3.8, 4) is 5.75 Å². The highest BCUT2D eigenvalue weighted by molar-refractivity contribution is 5.73. The summed E-state index contributed by atoms with van der Waals surface area (Å²) >= 11 is 0. The molecule has 1 aromatic rings. The zero-order chi connectivity index (χ0) is 23.6. The molecule has 32 heavy (non-hydrogen) atoms. The standard InChI is InChI=1S/C30H48O2/c1-6-7-8-9-10-11-12-13-14-15-16-17-18-19-20-24-29(31)32-30-27(25(2)3)22-21-23-28(30)26(4)5/h10-11,13-14,21-23,25-26H,6-9,12,15-20,24H2,1-5H3/b11-10-,14-13-. The predicted octanol–water partition coefficient (Wildman–Crippen LogP) is 9.65. The Hall–Kier alpha value is -1.83. The summed E-state index contributed by atoms with van der Waals surface area (Å²) in [7, 11) is 0. The van der Waals surface area contributed by atoms with Crippen LogP contribution in [0.4, 0.5) is 0 Å². The van der Waals surface area contributed by atoms with Crippen LogP contribution in [0, 0.1) is 0 Å². The average molecular weight is 441 g/mol. The summed E-state index contributed by atoms with van der Waals surface area (Å²) in [5, 5.41) is 0. The fourth-order valence-corrected chi connectivity index (χ4v) is 3.85. The summed E-state index contributed by atoms with van der Waals surface area (Å²) in [6.07, 6.45) is 22.8. The molecule has 0 aliphatic rings. The molecule has 0 amide bonds. The van der Waals surface area contributed by atoms with E-state index in [1.165, 1.54) is 44.9 Å². The first-order valence-corrected chi connectivity index (χ1v) is 13.1. The molecule has 0 N–H and O–H groups in total. The monoisotopic (exact) mass is 440 g/mol. The van der Waals surface area contributed by atoms with Gasteiger partial charge in [0.25, 0.3) is 0 Å².